The lowest BCUT2D eigenvalue weighted by atomic mass is 10.1. The molecule has 0 bridgehead atoms. The van der Waals surface area contributed by atoms with Crippen molar-refractivity contribution in [1.82, 2.24) is 10.4 Å². The second kappa shape index (κ2) is 4.90. The van der Waals surface area contributed by atoms with E-state index in [9.17, 15) is 9.59 Å². The predicted octanol–water partition coefficient (Wildman–Crippen LogP) is 1.23. The first kappa shape index (κ1) is 10.8. The quantitative estimate of drug-likeness (QED) is 0.776. The van der Waals surface area contributed by atoms with E-state index < -0.39 is 0 Å². The smallest absolute Gasteiger partial charge is 0.243 e. The lowest BCUT2D eigenvalue weighted by Gasteiger charge is -2.25. The van der Waals surface area contributed by atoms with Crippen LogP contribution < -0.4 is 5.43 Å². The van der Waals surface area contributed by atoms with Crippen LogP contribution in [0.2, 0.25) is 0 Å². The van der Waals surface area contributed by atoms with Gasteiger partial charge in [-0.3, -0.25) is 9.59 Å². The summed E-state index contributed by atoms with van der Waals surface area (Å²) in [7, 11) is 0. The largest absolute Gasteiger partial charge is 0.273 e. The second-order valence-electron chi connectivity index (χ2n) is 3.80. The van der Waals surface area contributed by atoms with Gasteiger partial charge >= 0.3 is 0 Å². The number of nitrogens with zero attached hydrogens (tertiary/aromatic N) is 1. The molecule has 0 radical (unpaired) electrons. The van der Waals surface area contributed by atoms with E-state index in [0.29, 0.717) is 25.8 Å². The number of hydrazine groups is 1. The van der Waals surface area contributed by atoms with Crippen molar-refractivity contribution in [3.05, 3.63) is 35.9 Å². The highest BCUT2D eigenvalue weighted by Crippen LogP contribution is 2.10. The minimum Gasteiger partial charge on any atom is -0.273 e. The molecule has 4 nitrogen and oxygen atoms in total. The SMILES string of the molecule is O=C1CCCC(=O)N1NCc1ccccc1. The lowest BCUT2D eigenvalue weighted by Crippen LogP contribution is -2.48. The molecule has 84 valence electrons. The van der Waals surface area contributed by atoms with Gasteiger partial charge in [0, 0.05) is 19.4 Å². The molecule has 2 rings (SSSR count). The molecule has 1 N–H and O–H groups in total. The Kier molecular flexibility index (Phi) is 3.31. The van der Waals surface area contributed by atoms with Gasteiger partial charge in [-0.05, 0) is 12.0 Å². The molecular weight excluding hydrogens is 204 g/mol. The molecule has 1 aromatic carbocycles. The zero-order valence-corrected chi connectivity index (χ0v) is 8.98. The summed E-state index contributed by atoms with van der Waals surface area (Å²) in [6, 6.07) is 9.69. The molecular formula is C12H14N2O2. The van der Waals surface area contributed by atoms with Crippen LogP contribution in [0.15, 0.2) is 30.3 Å². The number of benzene rings is 1. The van der Waals surface area contributed by atoms with Crippen molar-refractivity contribution in [3.63, 3.8) is 0 Å². The molecule has 0 atom stereocenters. The number of amides is 2. The van der Waals surface area contributed by atoms with Gasteiger partial charge in [0.05, 0.1) is 0 Å². The maximum absolute atomic E-state index is 11.5. The second-order valence-corrected chi connectivity index (χ2v) is 3.80. The van der Waals surface area contributed by atoms with Crippen molar-refractivity contribution in [2.75, 3.05) is 0 Å². The highest BCUT2D eigenvalue weighted by Gasteiger charge is 2.25. The molecule has 0 saturated carbocycles. The number of carbonyl (C=O) groups excluding carboxylic acids is 2. The van der Waals surface area contributed by atoms with Crippen molar-refractivity contribution in [3.8, 4) is 0 Å². The summed E-state index contributed by atoms with van der Waals surface area (Å²) in [4.78, 5) is 22.9. The van der Waals surface area contributed by atoms with Crippen molar-refractivity contribution < 1.29 is 9.59 Å². The normalized spacial score (nSPS) is 16.6. The summed E-state index contributed by atoms with van der Waals surface area (Å²) < 4.78 is 0. The van der Waals surface area contributed by atoms with Crippen LogP contribution in [0.25, 0.3) is 0 Å². The summed E-state index contributed by atoms with van der Waals surface area (Å²) in [5.41, 5.74) is 3.92. The van der Waals surface area contributed by atoms with Gasteiger partial charge in [0.15, 0.2) is 0 Å². The van der Waals surface area contributed by atoms with E-state index >= 15 is 0 Å². The van der Waals surface area contributed by atoms with Crippen molar-refractivity contribution in [2.24, 2.45) is 0 Å². The van der Waals surface area contributed by atoms with Crippen LogP contribution >= 0.6 is 0 Å². The molecule has 0 aliphatic carbocycles. The zero-order valence-electron chi connectivity index (χ0n) is 8.98. The fourth-order valence-electron chi connectivity index (χ4n) is 1.70. The van der Waals surface area contributed by atoms with Gasteiger partial charge in [-0.2, -0.15) is 0 Å². The number of carbonyl (C=O) groups is 2. The van der Waals surface area contributed by atoms with E-state index in [1.807, 2.05) is 30.3 Å². The molecule has 0 aromatic heterocycles. The number of piperidine rings is 1. The van der Waals surface area contributed by atoms with Gasteiger partial charge < -0.3 is 0 Å². The number of imide groups is 1. The van der Waals surface area contributed by atoms with E-state index in [-0.39, 0.29) is 11.8 Å². The van der Waals surface area contributed by atoms with Crippen LogP contribution in [-0.4, -0.2) is 16.8 Å². The average molecular weight is 218 g/mol. The monoisotopic (exact) mass is 218 g/mol. The topological polar surface area (TPSA) is 49.4 Å². The Morgan fingerprint density at radius 2 is 1.69 bits per heavy atom. The molecule has 1 aromatic rings. The maximum Gasteiger partial charge on any atom is 0.243 e. The van der Waals surface area contributed by atoms with Gasteiger partial charge in [-0.1, -0.05) is 30.3 Å². The lowest BCUT2D eigenvalue weighted by molar-refractivity contribution is -0.152. The molecule has 16 heavy (non-hydrogen) atoms. The van der Waals surface area contributed by atoms with Crippen LogP contribution in [0.1, 0.15) is 24.8 Å². The van der Waals surface area contributed by atoms with Gasteiger partial charge in [0.1, 0.15) is 0 Å². The molecule has 0 unspecified atom stereocenters. The number of hydrogen-bond acceptors (Lipinski definition) is 3. The molecule has 1 aliphatic heterocycles. The van der Waals surface area contributed by atoms with Crippen LogP contribution in [0, 0.1) is 0 Å². The average Bonchev–Trinajstić information content (AvgIpc) is 2.30. The van der Waals surface area contributed by atoms with E-state index in [4.69, 9.17) is 0 Å². The fraction of sp³-hybridized carbons (Fsp3) is 0.333. The molecule has 2 amide bonds. The molecule has 1 aliphatic rings. The van der Waals surface area contributed by atoms with E-state index in [0.717, 1.165) is 10.6 Å². The van der Waals surface area contributed by atoms with Crippen molar-refractivity contribution in [2.45, 2.75) is 25.8 Å². The number of hydrogen-bond donors (Lipinski definition) is 1. The van der Waals surface area contributed by atoms with E-state index in [1.54, 1.807) is 0 Å². The molecule has 1 heterocycles. The van der Waals surface area contributed by atoms with Crippen molar-refractivity contribution in [1.29, 1.82) is 0 Å². The molecule has 4 heteroatoms. The number of nitrogens with one attached hydrogen (secondary N) is 1. The first-order valence-electron chi connectivity index (χ1n) is 5.40. The van der Waals surface area contributed by atoms with Crippen molar-refractivity contribution >= 4 is 11.8 Å². The highest BCUT2D eigenvalue weighted by molar-refractivity contribution is 5.96. The Balaban J connectivity index is 1.94. The van der Waals surface area contributed by atoms with Crippen LogP contribution in [0.3, 0.4) is 0 Å². The predicted molar refractivity (Wildman–Crippen MR) is 59.0 cm³/mol. The minimum atomic E-state index is -0.132. The highest BCUT2D eigenvalue weighted by atomic mass is 16.2. The summed E-state index contributed by atoms with van der Waals surface area (Å²) in [5.74, 6) is -0.264. The van der Waals surface area contributed by atoms with Gasteiger partial charge in [0.25, 0.3) is 0 Å². The Morgan fingerprint density at radius 1 is 1.06 bits per heavy atom. The first-order valence-corrected chi connectivity index (χ1v) is 5.40. The standard InChI is InChI=1S/C12H14N2O2/c15-11-7-4-8-12(16)14(11)13-9-10-5-2-1-3-6-10/h1-3,5-6,13H,4,7-9H2. The van der Waals surface area contributed by atoms with Crippen LogP contribution in [0.4, 0.5) is 0 Å². The van der Waals surface area contributed by atoms with E-state index in [1.165, 1.54) is 0 Å². The third kappa shape index (κ3) is 2.46. The Labute approximate surface area is 94.2 Å². The Morgan fingerprint density at radius 3 is 2.31 bits per heavy atom. The van der Waals surface area contributed by atoms with Gasteiger partial charge in [-0.15, -0.1) is 0 Å². The van der Waals surface area contributed by atoms with Gasteiger partial charge in [-0.25, -0.2) is 10.4 Å². The summed E-state index contributed by atoms with van der Waals surface area (Å²) in [5, 5.41) is 1.15. The fourth-order valence-corrected chi connectivity index (χ4v) is 1.70. The summed E-state index contributed by atoms with van der Waals surface area (Å²) in [6.07, 6.45) is 1.57. The zero-order chi connectivity index (χ0) is 11.4. The maximum atomic E-state index is 11.5. The van der Waals surface area contributed by atoms with Gasteiger partial charge in [0.2, 0.25) is 11.8 Å². The minimum absolute atomic E-state index is 0.132. The summed E-state index contributed by atoms with van der Waals surface area (Å²) in [6.45, 7) is 0.498. The first-order chi connectivity index (χ1) is 7.77. The van der Waals surface area contributed by atoms with Crippen LogP contribution in [-0.2, 0) is 16.1 Å². The molecule has 0 spiro atoms. The third-order valence-corrected chi connectivity index (χ3v) is 2.56. The Bertz CT molecular complexity index is 373. The van der Waals surface area contributed by atoms with E-state index in [2.05, 4.69) is 5.43 Å². The van der Waals surface area contributed by atoms with Crippen LogP contribution in [0.5, 0.6) is 0 Å². The Hall–Kier alpha value is -1.68. The third-order valence-electron chi connectivity index (χ3n) is 2.56. The molecule has 1 saturated heterocycles. The summed E-state index contributed by atoms with van der Waals surface area (Å²) >= 11 is 0. The molecule has 1 fully saturated rings. The number of rotatable bonds is 3.